The van der Waals surface area contributed by atoms with Crippen LogP contribution < -0.4 is 4.72 Å². The maximum atomic E-state index is 12.2. The van der Waals surface area contributed by atoms with Crippen molar-refractivity contribution in [2.75, 3.05) is 0 Å². The number of sulfonamides is 1. The van der Waals surface area contributed by atoms with Crippen LogP contribution in [-0.4, -0.2) is 23.2 Å². The van der Waals surface area contributed by atoms with Gasteiger partial charge in [0.1, 0.15) is 4.21 Å². The summed E-state index contributed by atoms with van der Waals surface area (Å²) in [6, 6.07) is 9.07. The molecule has 3 rings (SSSR count). The van der Waals surface area contributed by atoms with E-state index in [9.17, 15) is 8.42 Å². The number of aromatic nitrogens is 3. The third kappa shape index (κ3) is 3.55. The van der Waals surface area contributed by atoms with Crippen LogP contribution in [0, 0.1) is 20.8 Å². The van der Waals surface area contributed by atoms with Gasteiger partial charge in [-0.3, -0.25) is 0 Å². The van der Waals surface area contributed by atoms with Crippen LogP contribution in [0.2, 0.25) is 0 Å². The Bertz CT molecular complexity index is 956. The number of hydrogen-bond acceptors (Lipinski definition) is 5. The number of pyridine rings is 1. The minimum absolute atomic E-state index is 0.198. The van der Waals surface area contributed by atoms with E-state index >= 15 is 0 Å². The van der Waals surface area contributed by atoms with Crippen molar-refractivity contribution in [2.24, 2.45) is 0 Å². The monoisotopic (exact) mass is 362 g/mol. The first-order chi connectivity index (χ1) is 11.3. The lowest BCUT2D eigenvalue weighted by Crippen LogP contribution is -2.22. The molecule has 24 heavy (non-hydrogen) atoms. The van der Waals surface area contributed by atoms with E-state index in [1.165, 1.54) is 11.3 Å². The Balaban J connectivity index is 1.72. The topological polar surface area (TPSA) is 76.9 Å². The van der Waals surface area contributed by atoms with Crippen LogP contribution >= 0.6 is 11.3 Å². The van der Waals surface area contributed by atoms with Gasteiger partial charge in [-0.1, -0.05) is 6.07 Å². The Labute approximate surface area is 145 Å². The van der Waals surface area contributed by atoms with Gasteiger partial charge in [-0.25, -0.2) is 22.8 Å². The first-order valence-electron chi connectivity index (χ1n) is 7.40. The lowest BCUT2D eigenvalue weighted by atomic mass is 10.3. The molecule has 0 unspecified atom stereocenters. The summed E-state index contributed by atoms with van der Waals surface area (Å²) in [7, 11) is -3.48. The average molecular weight is 362 g/mol. The standard InChI is InChI=1S/C16H18N4O2S2/c1-11-8-12(2)20(19-11)15-6-5-14(9-17-15)10-18-24(21,22)16-7-4-13(3)23-16/h4-9,18H,10H2,1-3H3. The molecule has 6 nitrogen and oxygen atoms in total. The van der Waals surface area contributed by atoms with Crippen LogP contribution in [0.25, 0.3) is 5.82 Å². The highest BCUT2D eigenvalue weighted by Crippen LogP contribution is 2.20. The van der Waals surface area contributed by atoms with E-state index in [4.69, 9.17) is 0 Å². The first-order valence-corrected chi connectivity index (χ1v) is 9.70. The van der Waals surface area contributed by atoms with Crippen molar-refractivity contribution in [3.63, 3.8) is 0 Å². The molecule has 0 aliphatic carbocycles. The molecular weight excluding hydrogens is 344 g/mol. The largest absolute Gasteiger partial charge is 0.250 e. The summed E-state index contributed by atoms with van der Waals surface area (Å²) < 4.78 is 29.1. The zero-order chi connectivity index (χ0) is 17.3. The second kappa shape index (κ2) is 6.46. The Kier molecular flexibility index (Phi) is 4.53. The molecule has 0 fully saturated rings. The van der Waals surface area contributed by atoms with E-state index in [2.05, 4.69) is 14.8 Å². The second-order valence-electron chi connectivity index (χ2n) is 5.55. The molecule has 126 valence electrons. The smallest absolute Gasteiger partial charge is 0.237 e. The molecule has 0 radical (unpaired) electrons. The van der Waals surface area contributed by atoms with Gasteiger partial charge >= 0.3 is 0 Å². The fourth-order valence-electron chi connectivity index (χ4n) is 2.31. The van der Waals surface area contributed by atoms with Gasteiger partial charge in [-0.15, -0.1) is 11.3 Å². The molecule has 0 spiro atoms. The highest BCUT2D eigenvalue weighted by Gasteiger charge is 2.15. The van der Waals surface area contributed by atoms with Crippen LogP contribution in [0.5, 0.6) is 0 Å². The maximum Gasteiger partial charge on any atom is 0.250 e. The predicted molar refractivity (Wildman–Crippen MR) is 93.9 cm³/mol. The number of nitrogens with one attached hydrogen (secondary N) is 1. The van der Waals surface area contributed by atoms with Crippen molar-refractivity contribution < 1.29 is 8.42 Å². The molecule has 3 aromatic heterocycles. The molecule has 0 atom stereocenters. The molecule has 0 aromatic carbocycles. The van der Waals surface area contributed by atoms with E-state index in [1.54, 1.807) is 23.0 Å². The minimum Gasteiger partial charge on any atom is -0.237 e. The fraction of sp³-hybridized carbons (Fsp3) is 0.250. The predicted octanol–water partition coefficient (Wildman–Crippen LogP) is 2.73. The molecule has 0 aliphatic heterocycles. The lowest BCUT2D eigenvalue weighted by Gasteiger charge is -2.07. The van der Waals surface area contributed by atoms with Gasteiger partial charge in [0, 0.05) is 23.3 Å². The SMILES string of the molecule is Cc1cc(C)n(-c2ccc(CNS(=O)(=O)c3ccc(C)s3)cn2)n1. The zero-order valence-electron chi connectivity index (χ0n) is 13.6. The number of hydrogen-bond donors (Lipinski definition) is 1. The van der Waals surface area contributed by atoms with E-state index in [-0.39, 0.29) is 6.54 Å². The zero-order valence-corrected chi connectivity index (χ0v) is 15.3. The number of aryl methyl sites for hydroxylation is 3. The van der Waals surface area contributed by atoms with Crippen molar-refractivity contribution in [1.29, 1.82) is 0 Å². The van der Waals surface area contributed by atoms with E-state index in [0.29, 0.717) is 10.0 Å². The van der Waals surface area contributed by atoms with Gasteiger partial charge in [-0.05, 0) is 50.6 Å². The van der Waals surface area contributed by atoms with Gasteiger partial charge < -0.3 is 0 Å². The third-order valence-electron chi connectivity index (χ3n) is 3.48. The summed E-state index contributed by atoms with van der Waals surface area (Å²) in [4.78, 5) is 5.33. The van der Waals surface area contributed by atoms with Crippen molar-refractivity contribution >= 4 is 21.4 Å². The van der Waals surface area contributed by atoms with Crippen LogP contribution in [0.4, 0.5) is 0 Å². The van der Waals surface area contributed by atoms with Crippen LogP contribution in [0.3, 0.4) is 0 Å². The summed E-state index contributed by atoms with van der Waals surface area (Å²) in [6.07, 6.45) is 1.66. The molecule has 0 saturated carbocycles. The molecule has 3 aromatic rings. The third-order valence-corrected chi connectivity index (χ3v) is 6.38. The maximum absolute atomic E-state index is 12.2. The lowest BCUT2D eigenvalue weighted by molar-refractivity contribution is 0.583. The van der Waals surface area contributed by atoms with Crippen LogP contribution in [-0.2, 0) is 16.6 Å². The summed E-state index contributed by atoms with van der Waals surface area (Å²) >= 11 is 1.26. The van der Waals surface area contributed by atoms with Crippen molar-refractivity contribution in [1.82, 2.24) is 19.5 Å². The van der Waals surface area contributed by atoms with Gasteiger partial charge in [0.2, 0.25) is 10.0 Å². The minimum atomic E-state index is -3.48. The molecule has 0 bridgehead atoms. The normalized spacial score (nSPS) is 11.8. The summed E-state index contributed by atoms with van der Waals surface area (Å²) in [6.45, 7) is 5.97. The van der Waals surface area contributed by atoms with Crippen molar-refractivity contribution in [2.45, 2.75) is 31.5 Å². The van der Waals surface area contributed by atoms with Crippen LogP contribution in [0.15, 0.2) is 40.7 Å². The van der Waals surface area contributed by atoms with E-state index in [1.807, 2.05) is 39.0 Å². The van der Waals surface area contributed by atoms with Gasteiger partial charge in [0.25, 0.3) is 0 Å². The second-order valence-corrected chi connectivity index (χ2v) is 8.83. The molecule has 1 N–H and O–H groups in total. The Morgan fingerprint density at radius 1 is 1.17 bits per heavy atom. The van der Waals surface area contributed by atoms with Crippen molar-refractivity contribution in [3.05, 3.63) is 58.4 Å². The highest BCUT2D eigenvalue weighted by molar-refractivity contribution is 7.91. The van der Waals surface area contributed by atoms with Crippen molar-refractivity contribution in [3.8, 4) is 5.82 Å². The van der Waals surface area contributed by atoms with Gasteiger partial charge in [0.05, 0.1) is 5.69 Å². The molecule has 0 saturated heterocycles. The molecule has 8 heteroatoms. The van der Waals surface area contributed by atoms with Crippen LogP contribution in [0.1, 0.15) is 21.8 Å². The fourth-order valence-corrected chi connectivity index (χ4v) is 4.66. The number of rotatable bonds is 5. The number of thiophene rings is 1. The Hall–Kier alpha value is -2.03. The van der Waals surface area contributed by atoms with Gasteiger partial charge in [0.15, 0.2) is 5.82 Å². The molecular formula is C16H18N4O2S2. The molecule has 0 amide bonds. The molecule has 3 heterocycles. The quantitative estimate of drug-likeness (QED) is 0.757. The summed E-state index contributed by atoms with van der Waals surface area (Å²) in [5, 5.41) is 4.38. The van der Waals surface area contributed by atoms with E-state index < -0.39 is 10.0 Å². The first kappa shape index (κ1) is 16.8. The summed E-state index contributed by atoms with van der Waals surface area (Å²) in [5.41, 5.74) is 2.72. The Morgan fingerprint density at radius 2 is 1.96 bits per heavy atom. The molecule has 0 aliphatic rings. The number of nitrogens with zero attached hydrogens (tertiary/aromatic N) is 3. The van der Waals surface area contributed by atoms with Gasteiger partial charge in [-0.2, -0.15) is 5.10 Å². The van der Waals surface area contributed by atoms with E-state index in [0.717, 1.165) is 21.8 Å². The average Bonchev–Trinajstić information content (AvgIpc) is 3.12. The Morgan fingerprint density at radius 3 is 2.50 bits per heavy atom. The highest BCUT2D eigenvalue weighted by atomic mass is 32.2. The summed E-state index contributed by atoms with van der Waals surface area (Å²) in [5.74, 6) is 0.709.